The number of fused-ring (bicyclic) bond motifs is 2. The molecule has 2 amide bonds. The number of nitrogens with one attached hydrogen (secondary N) is 1. The molecule has 0 aromatic carbocycles. The third kappa shape index (κ3) is 3.84. The van der Waals surface area contributed by atoms with E-state index in [-0.39, 0.29) is 23.1 Å². The Morgan fingerprint density at radius 3 is 2.68 bits per heavy atom. The Balaban J connectivity index is 1.34. The molecule has 5 rings (SSSR count). The highest BCUT2D eigenvalue weighted by atomic mass is 19.4. The molecule has 2 atom stereocenters. The number of carbonyl (C=O) groups excluding carboxylic acids is 1. The summed E-state index contributed by atoms with van der Waals surface area (Å²) in [6.07, 6.45) is 1.69. The van der Waals surface area contributed by atoms with Crippen molar-refractivity contribution in [1.29, 1.82) is 0 Å². The second kappa shape index (κ2) is 8.00. The number of amides is 2. The van der Waals surface area contributed by atoms with E-state index < -0.39 is 17.6 Å². The highest BCUT2D eigenvalue weighted by Gasteiger charge is 2.47. The Morgan fingerprint density at radius 2 is 1.94 bits per heavy atom. The lowest BCUT2D eigenvalue weighted by Crippen LogP contribution is -2.41. The number of anilines is 1. The van der Waals surface area contributed by atoms with Gasteiger partial charge in [-0.15, -0.1) is 0 Å². The maximum Gasteiger partial charge on any atom is 0.419 e. The minimum atomic E-state index is -4.59. The molecule has 3 N–H and O–H groups in total. The molecule has 1 spiro atoms. The van der Waals surface area contributed by atoms with E-state index in [4.69, 9.17) is 5.73 Å². The predicted molar refractivity (Wildman–Crippen MR) is 119 cm³/mol. The monoisotopic (exact) mass is 471 g/mol. The summed E-state index contributed by atoms with van der Waals surface area (Å²) in [5.41, 5.74) is 6.78. The fourth-order valence-corrected chi connectivity index (χ4v) is 4.92. The van der Waals surface area contributed by atoms with Gasteiger partial charge >= 0.3 is 12.2 Å². The Kier molecular flexibility index (Phi) is 5.22. The highest BCUT2D eigenvalue weighted by Crippen LogP contribution is 2.44. The van der Waals surface area contributed by atoms with Gasteiger partial charge in [-0.3, -0.25) is 9.67 Å². The Morgan fingerprint density at radius 1 is 1.21 bits per heavy atom. The van der Waals surface area contributed by atoms with Crippen LogP contribution in [0.5, 0.6) is 0 Å². The second-order valence-electron chi connectivity index (χ2n) is 8.95. The van der Waals surface area contributed by atoms with E-state index in [2.05, 4.69) is 20.4 Å². The number of nitrogens with two attached hydrogens (primary N) is 1. The van der Waals surface area contributed by atoms with Gasteiger partial charge in [0.25, 0.3) is 0 Å². The third-order valence-electron chi connectivity index (χ3n) is 6.83. The first kappa shape index (κ1) is 22.2. The van der Waals surface area contributed by atoms with E-state index in [0.29, 0.717) is 25.3 Å². The molecule has 1 unspecified atom stereocenters. The van der Waals surface area contributed by atoms with Crippen molar-refractivity contribution in [3.63, 3.8) is 0 Å². The maximum absolute atomic E-state index is 13.3. The van der Waals surface area contributed by atoms with Crippen molar-refractivity contribution in [2.45, 2.75) is 43.9 Å². The number of halogens is 3. The van der Waals surface area contributed by atoms with Crippen LogP contribution < -0.4 is 11.1 Å². The minimum Gasteiger partial charge on any atom is -0.383 e. The van der Waals surface area contributed by atoms with Crippen LogP contribution >= 0.6 is 0 Å². The molecule has 5 heterocycles. The van der Waals surface area contributed by atoms with Gasteiger partial charge in [0, 0.05) is 54.9 Å². The molecule has 1 saturated heterocycles. The average molecular weight is 471 g/mol. The van der Waals surface area contributed by atoms with Crippen LogP contribution in [0.2, 0.25) is 0 Å². The minimum absolute atomic E-state index is 0.142. The number of aryl methyl sites for hydroxylation is 1. The van der Waals surface area contributed by atoms with Gasteiger partial charge in [0.2, 0.25) is 0 Å². The number of alkyl halides is 3. The SMILES string of the molecule is CC(NC(=O)N1CC[C@]2(CCn3nc(-c4cnc(N)c(C(F)(F)F)c4)cc32)C1)c1ccncc1. The van der Waals surface area contributed by atoms with E-state index in [1.165, 1.54) is 6.20 Å². The maximum atomic E-state index is 13.3. The molecule has 2 aliphatic rings. The Labute approximate surface area is 194 Å². The van der Waals surface area contributed by atoms with Crippen LogP contribution in [0.25, 0.3) is 11.3 Å². The van der Waals surface area contributed by atoms with Crippen LogP contribution in [0.3, 0.4) is 0 Å². The number of nitrogens with zero attached hydrogens (tertiary/aromatic N) is 5. The van der Waals surface area contributed by atoms with Gasteiger partial charge in [-0.25, -0.2) is 9.78 Å². The molecule has 3 aromatic rings. The van der Waals surface area contributed by atoms with Gasteiger partial charge in [0.1, 0.15) is 5.82 Å². The number of urea groups is 1. The van der Waals surface area contributed by atoms with Crippen molar-refractivity contribution in [2.75, 3.05) is 18.8 Å². The topological polar surface area (TPSA) is 102 Å². The molecule has 34 heavy (non-hydrogen) atoms. The van der Waals surface area contributed by atoms with Gasteiger partial charge in [0.15, 0.2) is 0 Å². The fraction of sp³-hybridized carbons (Fsp3) is 0.391. The van der Waals surface area contributed by atoms with Crippen molar-refractivity contribution in [2.24, 2.45) is 0 Å². The molecule has 0 radical (unpaired) electrons. The fourth-order valence-electron chi connectivity index (χ4n) is 4.92. The highest BCUT2D eigenvalue weighted by molar-refractivity contribution is 5.75. The summed E-state index contributed by atoms with van der Waals surface area (Å²) in [5.74, 6) is -0.557. The van der Waals surface area contributed by atoms with E-state index in [1.807, 2.05) is 29.8 Å². The van der Waals surface area contributed by atoms with Crippen molar-refractivity contribution in [3.05, 3.63) is 59.7 Å². The van der Waals surface area contributed by atoms with E-state index >= 15 is 0 Å². The van der Waals surface area contributed by atoms with E-state index in [0.717, 1.165) is 30.2 Å². The summed E-state index contributed by atoms with van der Waals surface area (Å²) in [5, 5.41) is 7.57. The van der Waals surface area contributed by atoms with Gasteiger partial charge in [-0.2, -0.15) is 18.3 Å². The molecule has 3 aromatic heterocycles. The quantitative estimate of drug-likeness (QED) is 0.606. The number of hydrogen-bond acceptors (Lipinski definition) is 5. The van der Waals surface area contributed by atoms with Crippen LogP contribution in [0.15, 0.2) is 42.9 Å². The summed E-state index contributed by atoms with van der Waals surface area (Å²) in [6, 6.07) is 6.24. The number of pyridine rings is 2. The van der Waals surface area contributed by atoms with E-state index in [9.17, 15) is 18.0 Å². The molecule has 0 saturated carbocycles. The standard InChI is InChI=1S/C23H24F3N7O/c1-14(15-2-6-28-7-3-15)30-21(34)32-8-4-22(13-32)5-9-33-19(22)11-18(31-33)16-10-17(23(24,25)26)20(27)29-12-16/h2-3,6-7,10-12,14H,4-5,8-9,13H2,1H3,(H2,27,29)(H,30,34)/t14?,22-/m0/s1. The number of carbonyl (C=O) groups is 1. The lowest BCUT2D eigenvalue weighted by atomic mass is 9.82. The number of rotatable bonds is 3. The van der Waals surface area contributed by atoms with Crippen molar-refractivity contribution >= 4 is 11.8 Å². The molecular formula is C23H24F3N7O. The molecule has 178 valence electrons. The first-order valence-electron chi connectivity index (χ1n) is 11.0. The van der Waals surface area contributed by atoms with Gasteiger partial charge in [-0.1, -0.05) is 0 Å². The summed E-state index contributed by atoms with van der Waals surface area (Å²) >= 11 is 0. The van der Waals surface area contributed by atoms with Gasteiger partial charge < -0.3 is 16.0 Å². The molecule has 0 aliphatic carbocycles. The Hall–Kier alpha value is -3.63. The van der Waals surface area contributed by atoms with Crippen molar-refractivity contribution in [1.82, 2.24) is 30.0 Å². The van der Waals surface area contributed by atoms with Gasteiger partial charge in [0.05, 0.1) is 17.3 Å². The molecular weight excluding hydrogens is 447 g/mol. The zero-order valence-electron chi connectivity index (χ0n) is 18.5. The first-order chi connectivity index (χ1) is 16.2. The number of aromatic nitrogens is 4. The summed E-state index contributed by atoms with van der Waals surface area (Å²) in [7, 11) is 0. The normalized spacial score (nSPS) is 20.5. The molecule has 11 heteroatoms. The smallest absolute Gasteiger partial charge is 0.383 e. The largest absolute Gasteiger partial charge is 0.419 e. The Bertz CT molecular complexity index is 1230. The van der Waals surface area contributed by atoms with Crippen LogP contribution in [-0.2, 0) is 18.1 Å². The molecule has 0 bridgehead atoms. The van der Waals surface area contributed by atoms with Crippen LogP contribution in [-0.4, -0.2) is 43.8 Å². The lowest BCUT2D eigenvalue weighted by molar-refractivity contribution is -0.137. The molecule has 1 fully saturated rings. The van der Waals surface area contributed by atoms with Gasteiger partial charge in [-0.05, 0) is 49.6 Å². The molecule has 8 nitrogen and oxygen atoms in total. The summed E-state index contributed by atoms with van der Waals surface area (Å²) < 4.78 is 41.6. The van der Waals surface area contributed by atoms with Crippen molar-refractivity contribution < 1.29 is 18.0 Å². The summed E-state index contributed by atoms with van der Waals surface area (Å²) in [6.45, 7) is 3.69. The summed E-state index contributed by atoms with van der Waals surface area (Å²) in [4.78, 5) is 22.4. The van der Waals surface area contributed by atoms with Crippen LogP contribution in [0.4, 0.5) is 23.8 Å². The predicted octanol–water partition coefficient (Wildman–Crippen LogP) is 3.76. The zero-order valence-corrected chi connectivity index (χ0v) is 18.5. The molecule has 2 aliphatic heterocycles. The number of hydrogen-bond donors (Lipinski definition) is 2. The average Bonchev–Trinajstić information content (AvgIpc) is 3.51. The third-order valence-corrected chi connectivity index (χ3v) is 6.83. The van der Waals surface area contributed by atoms with Crippen molar-refractivity contribution in [3.8, 4) is 11.3 Å². The lowest BCUT2D eigenvalue weighted by Gasteiger charge is -2.25. The van der Waals surface area contributed by atoms with Crippen LogP contribution in [0.1, 0.15) is 42.6 Å². The second-order valence-corrected chi connectivity index (χ2v) is 8.95. The first-order valence-corrected chi connectivity index (χ1v) is 11.0. The van der Waals surface area contributed by atoms with E-state index in [1.54, 1.807) is 17.3 Å². The zero-order chi connectivity index (χ0) is 24.1. The number of nitrogen functional groups attached to an aromatic ring is 1. The number of likely N-dealkylation sites (tertiary alicyclic amines) is 1. The van der Waals surface area contributed by atoms with Crippen LogP contribution in [0, 0.1) is 0 Å².